The van der Waals surface area contributed by atoms with E-state index < -0.39 is 11.4 Å². The van der Waals surface area contributed by atoms with Crippen LogP contribution >= 0.6 is 11.6 Å². The molecule has 0 amide bonds. The topological polar surface area (TPSA) is 78.4 Å². The van der Waals surface area contributed by atoms with Crippen molar-refractivity contribution in [2.75, 3.05) is 19.8 Å². The number of nitrogens with zero attached hydrogens (tertiary/aromatic N) is 2. The van der Waals surface area contributed by atoms with Gasteiger partial charge in [0.2, 0.25) is 0 Å². The minimum atomic E-state index is -1.32. The Hall–Kier alpha value is -1.53. The van der Waals surface area contributed by atoms with Gasteiger partial charge in [-0.05, 0) is 6.92 Å². The normalized spacial score (nSPS) is 22.6. The van der Waals surface area contributed by atoms with Crippen LogP contribution in [0.4, 0.5) is 0 Å². The summed E-state index contributed by atoms with van der Waals surface area (Å²) in [5, 5.41) is 0.255. The lowest BCUT2D eigenvalue weighted by atomic mass is 9.77. The molecule has 0 spiro atoms. The van der Waals surface area contributed by atoms with E-state index in [2.05, 4.69) is 9.97 Å². The van der Waals surface area contributed by atoms with Crippen molar-refractivity contribution < 1.29 is 19.1 Å². The van der Waals surface area contributed by atoms with Crippen molar-refractivity contribution in [3.8, 4) is 0 Å². The summed E-state index contributed by atoms with van der Waals surface area (Å²) < 4.78 is 10.4. The van der Waals surface area contributed by atoms with Crippen molar-refractivity contribution in [3.05, 3.63) is 23.2 Å². The average Bonchev–Trinajstić information content (AvgIpc) is 2.44. The lowest BCUT2D eigenvalue weighted by molar-refractivity contribution is -0.169. The van der Waals surface area contributed by atoms with Gasteiger partial charge < -0.3 is 9.47 Å². The Morgan fingerprint density at radius 2 is 2.30 bits per heavy atom. The van der Waals surface area contributed by atoms with E-state index in [-0.39, 0.29) is 37.0 Å². The van der Waals surface area contributed by atoms with Gasteiger partial charge in [-0.3, -0.25) is 14.6 Å². The zero-order valence-electron chi connectivity index (χ0n) is 11.1. The van der Waals surface area contributed by atoms with E-state index in [4.69, 9.17) is 21.1 Å². The van der Waals surface area contributed by atoms with Crippen molar-refractivity contribution in [3.63, 3.8) is 0 Å². The molecule has 2 rings (SSSR count). The summed E-state index contributed by atoms with van der Waals surface area (Å²) in [5.41, 5.74) is -0.821. The highest BCUT2D eigenvalue weighted by molar-refractivity contribution is 6.29. The van der Waals surface area contributed by atoms with Crippen LogP contribution in [-0.2, 0) is 25.5 Å². The molecule has 6 nitrogen and oxygen atoms in total. The smallest absolute Gasteiger partial charge is 0.322 e. The average molecular weight is 299 g/mol. The van der Waals surface area contributed by atoms with Crippen LogP contribution < -0.4 is 0 Å². The molecular weight excluding hydrogens is 284 g/mol. The Morgan fingerprint density at radius 3 is 2.90 bits per heavy atom. The van der Waals surface area contributed by atoms with Crippen molar-refractivity contribution in [1.29, 1.82) is 0 Å². The van der Waals surface area contributed by atoms with Crippen molar-refractivity contribution in [1.82, 2.24) is 9.97 Å². The van der Waals surface area contributed by atoms with Crippen molar-refractivity contribution in [2.24, 2.45) is 5.41 Å². The van der Waals surface area contributed by atoms with E-state index >= 15 is 0 Å². The first kappa shape index (κ1) is 14.9. The molecule has 1 aliphatic heterocycles. The summed E-state index contributed by atoms with van der Waals surface area (Å²) in [6, 6.07) is 0. The quantitative estimate of drug-likeness (QED) is 0.614. The summed E-state index contributed by atoms with van der Waals surface area (Å²) in [4.78, 5) is 32.4. The Balaban J connectivity index is 2.28. The maximum atomic E-state index is 12.2. The zero-order chi connectivity index (χ0) is 14.6. The summed E-state index contributed by atoms with van der Waals surface area (Å²) in [5.74, 6) is -0.750. The molecule has 1 aromatic rings. The molecule has 0 radical (unpaired) electrons. The predicted molar refractivity (Wildman–Crippen MR) is 70.3 cm³/mol. The van der Waals surface area contributed by atoms with Gasteiger partial charge in [-0.2, -0.15) is 0 Å². The van der Waals surface area contributed by atoms with E-state index in [1.807, 2.05) is 0 Å². The number of halogens is 1. The third-order valence-corrected chi connectivity index (χ3v) is 3.37. The number of carbonyl (C=O) groups is 2. The van der Waals surface area contributed by atoms with E-state index in [1.165, 1.54) is 12.4 Å². The molecule has 0 bridgehead atoms. The summed E-state index contributed by atoms with van der Waals surface area (Å²) >= 11 is 5.67. The molecule has 1 fully saturated rings. The first-order valence-corrected chi connectivity index (χ1v) is 6.71. The maximum absolute atomic E-state index is 12.2. The van der Waals surface area contributed by atoms with E-state index in [0.717, 1.165) is 0 Å². The predicted octanol–water partition coefficient (Wildman–Crippen LogP) is 1.21. The van der Waals surface area contributed by atoms with E-state index in [1.54, 1.807) is 6.92 Å². The van der Waals surface area contributed by atoms with Crippen LogP contribution in [0.1, 0.15) is 19.0 Å². The Kier molecular flexibility index (Phi) is 4.67. The van der Waals surface area contributed by atoms with Gasteiger partial charge in [-0.1, -0.05) is 11.6 Å². The number of Topliss-reactive ketones (excluding diaryl/α,β-unsaturated/α-hetero) is 1. The molecule has 7 heteroatoms. The van der Waals surface area contributed by atoms with Gasteiger partial charge in [0.05, 0.1) is 37.9 Å². The van der Waals surface area contributed by atoms with Gasteiger partial charge in [-0.15, -0.1) is 0 Å². The van der Waals surface area contributed by atoms with Crippen LogP contribution in [-0.4, -0.2) is 41.5 Å². The minimum absolute atomic E-state index is 0.00890. The third kappa shape index (κ3) is 2.96. The number of rotatable bonds is 4. The first-order valence-electron chi connectivity index (χ1n) is 6.33. The van der Waals surface area contributed by atoms with Crippen LogP contribution in [0.2, 0.25) is 5.15 Å². The standard InChI is InChI=1S/C13H15ClN2O4/c1-2-20-12(18)13(8-19-4-3-10(13)17)5-9-6-16-11(14)7-15-9/h6-7H,2-5,8H2,1H3. The summed E-state index contributed by atoms with van der Waals surface area (Å²) in [6.07, 6.45) is 3.13. The molecule has 1 aromatic heterocycles. The first-order chi connectivity index (χ1) is 9.58. The molecule has 0 aliphatic carbocycles. The van der Waals surface area contributed by atoms with Crippen LogP contribution in [0.15, 0.2) is 12.4 Å². The number of hydrogen-bond donors (Lipinski definition) is 0. The van der Waals surface area contributed by atoms with E-state index in [9.17, 15) is 9.59 Å². The van der Waals surface area contributed by atoms with Crippen LogP contribution in [0, 0.1) is 5.41 Å². The number of hydrogen-bond acceptors (Lipinski definition) is 6. The molecule has 0 aromatic carbocycles. The second kappa shape index (κ2) is 6.28. The minimum Gasteiger partial charge on any atom is -0.465 e. The molecule has 108 valence electrons. The van der Waals surface area contributed by atoms with Crippen molar-refractivity contribution in [2.45, 2.75) is 19.8 Å². The number of ketones is 1. The summed E-state index contributed by atoms with van der Waals surface area (Å²) in [6.45, 7) is 2.24. The molecule has 20 heavy (non-hydrogen) atoms. The van der Waals surface area contributed by atoms with Gasteiger partial charge in [0.15, 0.2) is 11.2 Å². The third-order valence-electron chi connectivity index (χ3n) is 3.18. The summed E-state index contributed by atoms with van der Waals surface area (Å²) in [7, 11) is 0. The van der Waals surface area contributed by atoms with Gasteiger partial charge in [-0.25, -0.2) is 4.98 Å². The molecule has 0 saturated carbocycles. The van der Waals surface area contributed by atoms with Crippen LogP contribution in [0.25, 0.3) is 0 Å². The number of esters is 1. The zero-order valence-corrected chi connectivity index (χ0v) is 11.9. The molecule has 0 N–H and O–H groups in total. The second-order valence-electron chi connectivity index (χ2n) is 4.54. The Morgan fingerprint density at radius 1 is 1.50 bits per heavy atom. The fourth-order valence-corrected chi connectivity index (χ4v) is 2.23. The van der Waals surface area contributed by atoms with Gasteiger partial charge in [0.1, 0.15) is 5.15 Å². The number of ether oxygens (including phenoxy) is 2. The van der Waals surface area contributed by atoms with Gasteiger partial charge in [0.25, 0.3) is 0 Å². The van der Waals surface area contributed by atoms with Crippen LogP contribution in [0.5, 0.6) is 0 Å². The number of carbonyl (C=O) groups excluding carboxylic acids is 2. The number of aromatic nitrogens is 2. The van der Waals surface area contributed by atoms with Gasteiger partial charge in [0, 0.05) is 12.8 Å². The fraction of sp³-hybridized carbons (Fsp3) is 0.538. The SMILES string of the molecule is CCOC(=O)C1(Cc2cnc(Cl)cn2)COCCC1=O. The lowest BCUT2D eigenvalue weighted by Gasteiger charge is -2.32. The fourth-order valence-electron chi connectivity index (χ4n) is 2.13. The molecular formula is C13H15ClN2O4. The van der Waals surface area contributed by atoms with Crippen LogP contribution in [0.3, 0.4) is 0 Å². The lowest BCUT2D eigenvalue weighted by Crippen LogP contribution is -2.49. The molecule has 1 atom stereocenters. The largest absolute Gasteiger partial charge is 0.465 e. The van der Waals surface area contributed by atoms with Gasteiger partial charge >= 0.3 is 5.97 Å². The highest BCUT2D eigenvalue weighted by Gasteiger charge is 2.49. The highest BCUT2D eigenvalue weighted by atomic mass is 35.5. The molecule has 1 aliphatic rings. The Labute approximate surface area is 121 Å². The highest BCUT2D eigenvalue weighted by Crippen LogP contribution is 2.31. The van der Waals surface area contributed by atoms with Crippen molar-refractivity contribution >= 4 is 23.4 Å². The molecule has 1 saturated heterocycles. The maximum Gasteiger partial charge on any atom is 0.322 e. The monoisotopic (exact) mass is 298 g/mol. The Bertz CT molecular complexity index is 506. The molecule has 2 heterocycles. The van der Waals surface area contributed by atoms with E-state index in [0.29, 0.717) is 12.3 Å². The second-order valence-corrected chi connectivity index (χ2v) is 4.92. The molecule has 1 unspecified atom stereocenters.